The van der Waals surface area contributed by atoms with Gasteiger partial charge in [0.15, 0.2) is 0 Å². The van der Waals surface area contributed by atoms with E-state index in [4.69, 9.17) is 28.9 Å². The molecule has 2 nitrogen and oxygen atoms in total. The minimum Gasteiger partial charge on any atom is -0.329 e. The number of rotatable bonds is 7. The summed E-state index contributed by atoms with van der Waals surface area (Å²) in [5.41, 5.74) is 7.02. The van der Waals surface area contributed by atoms with Crippen molar-refractivity contribution in [2.45, 2.75) is 31.7 Å². The molecule has 0 spiro atoms. The standard InChI is InChI=1S/C16H22Cl2N2/c17-13-5-12(6-14(18)7-13)16(8-19)20-9-15(10-1-2-10)11-3-4-11/h5-7,10-11,15-16,20H,1-4,8-9,19H2. The first-order valence-corrected chi connectivity index (χ1v) is 8.32. The van der Waals surface area contributed by atoms with E-state index in [0.29, 0.717) is 16.6 Å². The predicted molar refractivity (Wildman–Crippen MR) is 85.2 cm³/mol. The zero-order chi connectivity index (χ0) is 14.1. The van der Waals surface area contributed by atoms with Gasteiger partial charge < -0.3 is 11.1 Å². The van der Waals surface area contributed by atoms with E-state index in [9.17, 15) is 0 Å². The minimum absolute atomic E-state index is 0.145. The quantitative estimate of drug-likeness (QED) is 0.798. The molecule has 3 rings (SSSR count). The highest BCUT2D eigenvalue weighted by Crippen LogP contribution is 2.49. The molecule has 20 heavy (non-hydrogen) atoms. The molecule has 1 atom stereocenters. The van der Waals surface area contributed by atoms with E-state index in [0.717, 1.165) is 29.9 Å². The van der Waals surface area contributed by atoms with Gasteiger partial charge in [0.2, 0.25) is 0 Å². The van der Waals surface area contributed by atoms with E-state index < -0.39 is 0 Å². The average molecular weight is 313 g/mol. The molecule has 2 fully saturated rings. The molecule has 0 saturated heterocycles. The third kappa shape index (κ3) is 3.67. The van der Waals surface area contributed by atoms with Gasteiger partial charge in [0.05, 0.1) is 0 Å². The van der Waals surface area contributed by atoms with Crippen molar-refractivity contribution in [1.82, 2.24) is 5.32 Å². The molecule has 0 aliphatic heterocycles. The van der Waals surface area contributed by atoms with E-state index in [2.05, 4.69) is 5.32 Å². The van der Waals surface area contributed by atoms with Gasteiger partial charge in [-0.15, -0.1) is 0 Å². The van der Waals surface area contributed by atoms with Crippen LogP contribution in [0.25, 0.3) is 0 Å². The molecule has 0 amide bonds. The molecule has 2 aliphatic rings. The fourth-order valence-electron chi connectivity index (χ4n) is 3.16. The molecule has 0 bridgehead atoms. The van der Waals surface area contributed by atoms with Crippen molar-refractivity contribution in [2.75, 3.05) is 13.1 Å². The monoisotopic (exact) mass is 312 g/mol. The van der Waals surface area contributed by atoms with Crippen LogP contribution in [-0.2, 0) is 0 Å². The second kappa shape index (κ2) is 6.23. The second-order valence-electron chi connectivity index (χ2n) is 6.24. The van der Waals surface area contributed by atoms with E-state index >= 15 is 0 Å². The Morgan fingerprint density at radius 3 is 2.05 bits per heavy atom. The van der Waals surface area contributed by atoms with Crippen LogP contribution in [0.15, 0.2) is 18.2 Å². The van der Waals surface area contributed by atoms with E-state index in [1.165, 1.54) is 25.7 Å². The van der Waals surface area contributed by atoms with Gasteiger partial charge in [0.25, 0.3) is 0 Å². The summed E-state index contributed by atoms with van der Waals surface area (Å²) in [7, 11) is 0. The zero-order valence-corrected chi connectivity index (χ0v) is 13.1. The molecular formula is C16H22Cl2N2. The highest BCUT2D eigenvalue weighted by Gasteiger charge is 2.41. The minimum atomic E-state index is 0.145. The van der Waals surface area contributed by atoms with Gasteiger partial charge in [-0.05, 0) is 73.7 Å². The van der Waals surface area contributed by atoms with E-state index in [1.54, 1.807) is 6.07 Å². The SMILES string of the molecule is NCC(NCC(C1CC1)C1CC1)c1cc(Cl)cc(Cl)c1. The Labute approximate surface area is 131 Å². The van der Waals surface area contributed by atoms with Gasteiger partial charge >= 0.3 is 0 Å². The number of hydrogen-bond donors (Lipinski definition) is 2. The third-order valence-corrected chi connectivity index (χ3v) is 5.01. The molecule has 3 N–H and O–H groups in total. The summed E-state index contributed by atoms with van der Waals surface area (Å²) in [6.45, 7) is 1.64. The maximum Gasteiger partial charge on any atom is 0.0445 e. The van der Waals surface area contributed by atoms with Gasteiger partial charge in [-0.2, -0.15) is 0 Å². The van der Waals surface area contributed by atoms with Crippen molar-refractivity contribution >= 4 is 23.2 Å². The first kappa shape index (κ1) is 14.6. The molecule has 0 radical (unpaired) electrons. The van der Waals surface area contributed by atoms with Gasteiger partial charge in [0.1, 0.15) is 0 Å². The van der Waals surface area contributed by atoms with Crippen LogP contribution < -0.4 is 11.1 Å². The van der Waals surface area contributed by atoms with Crippen LogP contribution in [0.2, 0.25) is 10.0 Å². The van der Waals surface area contributed by atoms with Crippen LogP contribution in [0.5, 0.6) is 0 Å². The summed E-state index contributed by atoms with van der Waals surface area (Å²) < 4.78 is 0. The lowest BCUT2D eigenvalue weighted by molar-refractivity contribution is 0.357. The lowest BCUT2D eigenvalue weighted by atomic mass is 9.97. The maximum absolute atomic E-state index is 6.08. The summed E-state index contributed by atoms with van der Waals surface area (Å²) in [5, 5.41) is 4.99. The fourth-order valence-corrected chi connectivity index (χ4v) is 3.70. The molecule has 0 aromatic heterocycles. The van der Waals surface area contributed by atoms with Crippen molar-refractivity contribution in [3.05, 3.63) is 33.8 Å². The normalized spacial score (nSPS) is 20.4. The molecule has 4 heteroatoms. The van der Waals surface area contributed by atoms with Crippen LogP contribution in [0, 0.1) is 17.8 Å². The van der Waals surface area contributed by atoms with Crippen molar-refractivity contribution < 1.29 is 0 Å². The van der Waals surface area contributed by atoms with E-state index in [1.807, 2.05) is 12.1 Å². The largest absolute Gasteiger partial charge is 0.329 e. The number of nitrogens with one attached hydrogen (secondary N) is 1. The number of halogens is 2. The van der Waals surface area contributed by atoms with Crippen LogP contribution >= 0.6 is 23.2 Å². The number of benzene rings is 1. The van der Waals surface area contributed by atoms with Gasteiger partial charge in [0, 0.05) is 22.6 Å². The average Bonchev–Trinajstić information content (AvgIpc) is 3.26. The number of hydrogen-bond acceptors (Lipinski definition) is 2. The molecule has 1 unspecified atom stereocenters. The molecule has 2 saturated carbocycles. The molecular weight excluding hydrogens is 291 g/mol. The highest BCUT2D eigenvalue weighted by molar-refractivity contribution is 6.34. The highest BCUT2D eigenvalue weighted by atomic mass is 35.5. The Bertz CT molecular complexity index is 437. The summed E-state index contributed by atoms with van der Waals surface area (Å²) >= 11 is 12.2. The first-order valence-electron chi connectivity index (χ1n) is 7.57. The summed E-state index contributed by atoms with van der Waals surface area (Å²) in [6.07, 6.45) is 5.66. The number of nitrogens with two attached hydrogens (primary N) is 1. The lowest BCUT2D eigenvalue weighted by Gasteiger charge is -2.22. The Hall–Kier alpha value is -0.280. The molecule has 110 valence electrons. The van der Waals surface area contributed by atoms with Crippen molar-refractivity contribution in [1.29, 1.82) is 0 Å². The van der Waals surface area contributed by atoms with Crippen molar-refractivity contribution in [3.63, 3.8) is 0 Å². The first-order chi connectivity index (χ1) is 9.67. The Morgan fingerprint density at radius 1 is 1.05 bits per heavy atom. The zero-order valence-electron chi connectivity index (χ0n) is 11.6. The molecule has 1 aromatic carbocycles. The van der Waals surface area contributed by atoms with Crippen LogP contribution in [0.3, 0.4) is 0 Å². The fraction of sp³-hybridized carbons (Fsp3) is 0.625. The Kier molecular flexibility index (Phi) is 4.56. The Morgan fingerprint density at radius 2 is 1.60 bits per heavy atom. The maximum atomic E-state index is 6.08. The van der Waals surface area contributed by atoms with Gasteiger partial charge in [-0.25, -0.2) is 0 Å². The molecule has 1 aromatic rings. The third-order valence-electron chi connectivity index (χ3n) is 4.58. The molecule has 2 aliphatic carbocycles. The van der Waals surface area contributed by atoms with E-state index in [-0.39, 0.29) is 6.04 Å². The van der Waals surface area contributed by atoms with Crippen LogP contribution in [-0.4, -0.2) is 13.1 Å². The summed E-state index contributed by atoms with van der Waals surface area (Å²) in [6, 6.07) is 5.83. The lowest BCUT2D eigenvalue weighted by Crippen LogP contribution is -2.33. The van der Waals surface area contributed by atoms with Crippen molar-refractivity contribution in [3.8, 4) is 0 Å². The van der Waals surface area contributed by atoms with Gasteiger partial charge in [-0.3, -0.25) is 0 Å². The summed E-state index contributed by atoms with van der Waals surface area (Å²) in [4.78, 5) is 0. The summed E-state index contributed by atoms with van der Waals surface area (Å²) in [5.74, 6) is 2.76. The van der Waals surface area contributed by atoms with Gasteiger partial charge in [-0.1, -0.05) is 23.2 Å². The van der Waals surface area contributed by atoms with Crippen LogP contribution in [0.4, 0.5) is 0 Å². The molecule has 0 heterocycles. The van der Waals surface area contributed by atoms with Crippen LogP contribution in [0.1, 0.15) is 37.3 Å². The Balaban J connectivity index is 1.63. The smallest absolute Gasteiger partial charge is 0.0445 e. The predicted octanol–water partition coefficient (Wildman–Crippen LogP) is 4.02. The van der Waals surface area contributed by atoms with Crippen molar-refractivity contribution in [2.24, 2.45) is 23.5 Å². The second-order valence-corrected chi connectivity index (χ2v) is 7.11. The topological polar surface area (TPSA) is 38.0 Å².